The minimum absolute atomic E-state index is 0.0297. The summed E-state index contributed by atoms with van der Waals surface area (Å²) in [6.07, 6.45) is 3.50. The van der Waals surface area contributed by atoms with E-state index >= 15 is 0 Å². The summed E-state index contributed by atoms with van der Waals surface area (Å²) in [6.45, 7) is 5.34. The van der Waals surface area contributed by atoms with E-state index in [2.05, 4.69) is 17.3 Å². The number of carbonyl (C=O) groups is 1. The third-order valence-corrected chi connectivity index (χ3v) is 5.35. The lowest BCUT2D eigenvalue weighted by atomic mass is 9.84. The number of piperidine rings is 2. The van der Waals surface area contributed by atoms with Crippen LogP contribution in [0.1, 0.15) is 26.2 Å². The fourth-order valence-corrected chi connectivity index (χ4v) is 4.06. The predicted molar refractivity (Wildman–Crippen MR) is 98.5 cm³/mol. The third-order valence-electron chi connectivity index (χ3n) is 5.35. The number of methoxy groups -OCH3 is 1. The molecular formula is C19H29N3O3. The lowest BCUT2D eigenvalue weighted by Crippen LogP contribution is -2.54. The summed E-state index contributed by atoms with van der Waals surface area (Å²) >= 11 is 0. The summed E-state index contributed by atoms with van der Waals surface area (Å²) in [6, 6.07) is 6.10. The molecule has 2 unspecified atom stereocenters. The Labute approximate surface area is 150 Å². The Balaban J connectivity index is 1.62. The second-order valence-corrected chi connectivity index (χ2v) is 6.91. The Kier molecular flexibility index (Phi) is 5.68. The number of urea groups is 1. The normalized spacial score (nSPS) is 23.7. The molecule has 0 aliphatic carbocycles. The van der Waals surface area contributed by atoms with Gasteiger partial charge in [-0.25, -0.2) is 4.79 Å². The highest BCUT2D eigenvalue weighted by atomic mass is 16.5. The maximum absolute atomic E-state index is 12.7. The summed E-state index contributed by atoms with van der Waals surface area (Å²) in [4.78, 5) is 17.1. The largest absolute Gasteiger partial charge is 0.493 e. The van der Waals surface area contributed by atoms with Crippen LogP contribution in [0.3, 0.4) is 0 Å². The smallest absolute Gasteiger partial charge is 0.321 e. The molecule has 3 rings (SSSR count). The van der Waals surface area contributed by atoms with Crippen molar-refractivity contribution >= 4 is 11.7 Å². The van der Waals surface area contributed by atoms with E-state index in [1.807, 2.05) is 30.0 Å². The fourth-order valence-electron chi connectivity index (χ4n) is 4.06. The van der Waals surface area contributed by atoms with Gasteiger partial charge in [-0.05, 0) is 57.8 Å². The molecule has 2 heterocycles. The Morgan fingerprint density at radius 2 is 2.12 bits per heavy atom. The molecule has 1 aromatic rings. The van der Waals surface area contributed by atoms with Gasteiger partial charge in [-0.1, -0.05) is 0 Å². The molecule has 0 bridgehead atoms. The molecule has 0 radical (unpaired) electrons. The van der Waals surface area contributed by atoms with E-state index < -0.39 is 0 Å². The number of hydrogen-bond acceptors (Lipinski definition) is 4. The van der Waals surface area contributed by atoms with E-state index in [0.717, 1.165) is 25.2 Å². The summed E-state index contributed by atoms with van der Waals surface area (Å²) in [7, 11) is 3.81. The second kappa shape index (κ2) is 7.95. The maximum Gasteiger partial charge on any atom is 0.321 e. The number of nitrogens with one attached hydrogen (secondary N) is 1. The van der Waals surface area contributed by atoms with Gasteiger partial charge >= 0.3 is 6.03 Å². The summed E-state index contributed by atoms with van der Waals surface area (Å²) < 4.78 is 10.9. The lowest BCUT2D eigenvalue weighted by molar-refractivity contribution is 0.0542. The second-order valence-electron chi connectivity index (χ2n) is 6.91. The minimum atomic E-state index is -0.0297. The van der Waals surface area contributed by atoms with E-state index in [0.29, 0.717) is 30.1 Å². The topological polar surface area (TPSA) is 54.0 Å². The van der Waals surface area contributed by atoms with Crippen molar-refractivity contribution in [3.8, 4) is 11.5 Å². The molecule has 0 saturated carbocycles. The van der Waals surface area contributed by atoms with Gasteiger partial charge < -0.3 is 24.6 Å². The number of likely N-dealkylation sites (tertiary alicyclic amines) is 2. The molecule has 2 atom stereocenters. The standard InChI is InChI=1S/C19H29N3O3/c1-4-25-17-8-7-15(12-18(17)24-3)20-19(23)22-11-9-16-14(13-22)6-5-10-21(16)2/h7-8,12,14,16H,4-6,9-11,13H2,1-3H3,(H,20,23). The number of carbonyl (C=O) groups excluding carboxylic acids is 1. The molecule has 6 nitrogen and oxygen atoms in total. The number of nitrogens with zero attached hydrogens (tertiary/aromatic N) is 2. The number of amides is 2. The highest BCUT2D eigenvalue weighted by molar-refractivity contribution is 5.89. The van der Waals surface area contributed by atoms with Gasteiger partial charge in [0, 0.05) is 30.9 Å². The van der Waals surface area contributed by atoms with Crippen molar-refractivity contribution in [3.05, 3.63) is 18.2 Å². The predicted octanol–water partition coefficient (Wildman–Crippen LogP) is 3.04. The number of hydrogen-bond donors (Lipinski definition) is 1. The van der Waals surface area contributed by atoms with Gasteiger partial charge in [-0.15, -0.1) is 0 Å². The van der Waals surface area contributed by atoms with Crippen LogP contribution in [0, 0.1) is 5.92 Å². The number of rotatable bonds is 4. The van der Waals surface area contributed by atoms with Crippen molar-refractivity contribution in [3.63, 3.8) is 0 Å². The van der Waals surface area contributed by atoms with Crippen LogP contribution in [0.25, 0.3) is 0 Å². The quantitative estimate of drug-likeness (QED) is 0.910. The maximum atomic E-state index is 12.7. The molecule has 2 aliphatic heterocycles. The number of anilines is 1. The molecule has 2 amide bonds. The average molecular weight is 347 g/mol. The van der Waals surface area contributed by atoms with Crippen LogP contribution in [0.15, 0.2) is 18.2 Å². The van der Waals surface area contributed by atoms with Crippen LogP contribution >= 0.6 is 0 Å². The molecule has 138 valence electrons. The van der Waals surface area contributed by atoms with E-state index in [1.165, 1.54) is 19.4 Å². The van der Waals surface area contributed by atoms with Gasteiger partial charge in [0.15, 0.2) is 11.5 Å². The number of fused-ring (bicyclic) bond motifs is 1. The van der Waals surface area contributed by atoms with Crippen molar-refractivity contribution in [2.24, 2.45) is 5.92 Å². The average Bonchev–Trinajstić information content (AvgIpc) is 2.63. The molecule has 6 heteroatoms. The van der Waals surface area contributed by atoms with Gasteiger partial charge in [0.25, 0.3) is 0 Å². The molecule has 0 spiro atoms. The monoisotopic (exact) mass is 347 g/mol. The first kappa shape index (κ1) is 17.9. The molecule has 2 aliphatic rings. The lowest BCUT2D eigenvalue weighted by Gasteiger charge is -2.45. The zero-order valence-electron chi connectivity index (χ0n) is 15.5. The number of benzene rings is 1. The first-order valence-corrected chi connectivity index (χ1v) is 9.19. The van der Waals surface area contributed by atoms with Crippen LogP contribution in [-0.4, -0.2) is 62.3 Å². The van der Waals surface area contributed by atoms with E-state index in [4.69, 9.17) is 9.47 Å². The molecule has 1 aromatic carbocycles. The zero-order chi connectivity index (χ0) is 17.8. The third kappa shape index (κ3) is 4.00. The minimum Gasteiger partial charge on any atom is -0.493 e. The highest BCUT2D eigenvalue weighted by Gasteiger charge is 2.35. The van der Waals surface area contributed by atoms with Gasteiger partial charge in [0.1, 0.15) is 0 Å². The van der Waals surface area contributed by atoms with E-state index in [1.54, 1.807) is 7.11 Å². The molecule has 0 aromatic heterocycles. The molecule has 1 N–H and O–H groups in total. The summed E-state index contributed by atoms with van der Waals surface area (Å²) in [5.74, 6) is 1.91. The van der Waals surface area contributed by atoms with Gasteiger partial charge in [-0.2, -0.15) is 0 Å². The molecular weight excluding hydrogens is 318 g/mol. The van der Waals surface area contributed by atoms with Crippen molar-refractivity contribution in [2.75, 3.05) is 45.7 Å². The highest BCUT2D eigenvalue weighted by Crippen LogP contribution is 2.32. The van der Waals surface area contributed by atoms with Crippen LogP contribution in [0.5, 0.6) is 11.5 Å². The SMILES string of the molecule is CCOc1ccc(NC(=O)N2CCC3C(CCCN3C)C2)cc1OC. The Bertz CT molecular complexity index is 608. The summed E-state index contributed by atoms with van der Waals surface area (Å²) in [5.41, 5.74) is 0.730. The molecule has 2 saturated heterocycles. The van der Waals surface area contributed by atoms with Crippen molar-refractivity contribution in [2.45, 2.75) is 32.2 Å². The van der Waals surface area contributed by atoms with E-state index in [9.17, 15) is 4.79 Å². The van der Waals surface area contributed by atoms with Crippen LogP contribution in [-0.2, 0) is 0 Å². The fraction of sp³-hybridized carbons (Fsp3) is 0.632. The Hall–Kier alpha value is -1.95. The van der Waals surface area contributed by atoms with Crippen LogP contribution in [0.4, 0.5) is 10.5 Å². The van der Waals surface area contributed by atoms with Crippen molar-refractivity contribution < 1.29 is 14.3 Å². The zero-order valence-corrected chi connectivity index (χ0v) is 15.5. The van der Waals surface area contributed by atoms with Crippen LogP contribution in [0.2, 0.25) is 0 Å². The molecule has 2 fully saturated rings. The first-order chi connectivity index (χ1) is 12.1. The van der Waals surface area contributed by atoms with E-state index in [-0.39, 0.29) is 6.03 Å². The Morgan fingerprint density at radius 3 is 2.88 bits per heavy atom. The van der Waals surface area contributed by atoms with Crippen LogP contribution < -0.4 is 14.8 Å². The van der Waals surface area contributed by atoms with Crippen molar-refractivity contribution in [1.29, 1.82) is 0 Å². The number of ether oxygens (including phenoxy) is 2. The Morgan fingerprint density at radius 1 is 1.28 bits per heavy atom. The van der Waals surface area contributed by atoms with Gasteiger partial charge in [0.2, 0.25) is 0 Å². The first-order valence-electron chi connectivity index (χ1n) is 9.19. The van der Waals surface area contributed by atoms with Gasteiger partial charge in [0.05, 0.1) is 13.7 Å². The summed E-state index contributed by atoms with van der Waals surface area (Å²) in [5, 5.41) is 3.00. The van der Waals surface area contributed by atoms with Crippen molar-refractivity contribution in [1.82, 2.24) is 9.80 Å². The van der Waals surface area contributed by atoms with Gasteiger partial charge in [-0.3, -0.25) is 0 Å². The molecule has 25 heavy (non-hydrogen) atoms.